The van der Waals surface area contributed by atoms with Crippen LogP contribution in [0, 0.1) is 5.41 Å². The number of ketones is 1. The monoisotopic (exact) mass is 190 g/mol. The zero-order valence-electron chi connectivity index (χ0n) is 8.66. The first-order valence-electron chi connectivity index (χ1n) is 4.76. The van der Waals surface area contributed by atoms with Crippen LogP contribution in [0.2, 0.25) is 0 Å². The van der Waals surface area contributed by atoms with Crippen molar-refractivity contribution in [3.63, 3.8) is 0 Å². The fourth-order valence-corrected chi connectivity index (χ4v) is 2.00. The third-order valence-electron chi connectivity index (χ3n) is 3.48. The van der Waals surface area contributed by atoms with Gasteiger partial charge in [0.05, 0.1) is 11.0 Å². The molecule has 1 aromatic carbocycles. The van der Waals surface area contributed by atoms with E-state index in [2.05, 4.69) is 0 Å². The lowest BCUT2D eigenvalue weighted by atomic mass is 9.76. The van der Waals surface area contributed by atoms with Crippen LogP contribution in [0.3, 0.4) is 0 Å². The summed E-state index contributed by atoms with van der Waals surface area (Å²) >= 11 is 0. The Kier molecular flexibility index (Phi) is 1.65. The van der Waals surface area contributed by atoms with Crippen LogP contribution in [0.1, 0.15) is 36.7 Å². The largest absolute Gasteiger partial charge is 0.384 e. The van der Waals surface area contributed by atoms with Crippen molar-refractivity contribution in [1.82, 2.24) is 0 Å². The molecule has 0 radical (unpaired) electrons. The van der Waals surface area contributed by atoms with Crippen LogP contribution in [0.15, 0.2) is 24.3 Å². The third-order valence-corrected chi connectivity index (χ3v) is 3.48. The summed E-state index contributed by atoms with van der Waals surface area (Å²) in [6.45, 7) is 5.28. The van der Waals surface area contributed by atoms with Crippen molar-refractivity contribution in [2.24, 2.45) is 5.41 Å². The Labute approximate surface area is 83.6 Å². The Morgan fingerprint density at radius 1 is 1.14 bits per heavy atom. The molecule has 2 nitrogen and oxygen atoms in total. The first kappa shape index (κ1) is 9.41. The van der Waals surface area contributed by atoms with Crippen molar-refractivity contribution in [2.45, 2.75) is 26.4 Å². The number of aliphatic hydroxyl groups is 1. The quantitative estimate of drug-likeness (QED) is 0.680. The van der Waals surface area contributed by atoms with Crippen molar-refractivity contribution >= 4 is 5.78 Å². The summed E-state index contributed by atoms with van der Waals surface area (Å²) in [5.41, 5.74) is -0.380. The van der Waals surface area contributed by atoms with Crippen LogP contribution >= 0.6 is 0 Å². The van der Waals surface area contributed by atoms with Gasteiger partial charge in [0.15, 0.2) is 5.78 Å². The van der Waals surface area contributed by atoms with Crippen LogP contribution < -0.4 is 0 Å². The van der Waals surface area contributed by atoms with E-state index in [1.165, 1.54) is 0 Å². The maximum absolute atomic E-state index is 12.0. The summed E-state index contributed by atoms with van der Waals surface area (Å²) < 4.78 is 0. The summed E-state index contributed by atoms with van der Waals surface area (Å²) in [7, 11) is 0. The predicted octanol–water partition coefficient (Wildman–Crippen LogP) is 2.12. The van der Waals surface area contributed by atoms with E-state index in [9.17, 15) is 9.90 Å². The van der Waals surface area contributed by atoms with E-state index in [0.29, 0.717) is 5.56 Å². The molecule has 0 saturated heterocycles. The molecular formula is C12H14O2. The Hall–Kier alpha value is -1.15. The highest BCUT2D eigenvalue weighted by atomic mass is 16.3. The average molecular weight is 190 g/mol. The Bertz CT molecular complexity index is 403. The highest BCUT2D eigenvalue weighted by Crippen LogP contribution is 2.49. The van der Waals surface area contributed by atoms with Crippen molar-refractivity contribution in [2.75, 3.05) is 0 Å². The number of carbonyl (C=O) groups is 1. The van der Waals surface area contributed by atoms with Gasteiger partial charge >= 0.3 is 0 Å². The SMILES string of the molecule is CC1(C)C(=O)c2ccccc2C1(C)O. The minimum absolute atomic E-state index is 0.0260. The second kappa shape index (κ2) is 2.45. The van der Waals surface area contributed by atoms with E-state index in [1.807, 2.05) is 18.2 Å². The highest BCUT2D eigenvalue weighted by Gasteiger charge is 2.53. The minimum atomic E-state index is -1.05. The van der Waals surface area contributed by atoms with Gasteiger partial charge in [-0.25, -0.2) is 0 Å². The molecule has 14 heavy (non-hydrogen) atoms. The highest BCUT2D eigenvalue weighted by molar-refractivity contribution is 6.05. The fourth-order valence-electron chi connectivity index (χ4n) is 2.00. The summed E-state index contributed by atoms with van der Waals surface area (Å²) in [5, 5.41) is 10.3. The number of hydrogen-bond donors (Lipinski definition) is 1. The molecule has 1 atom stereocenters. The van der Waals surface area contributed by atoms with Crippen molar-refractivity contribution < 1.29 is 9.90 Å². The average Bonchev–Trinajstić information content (AvgIpc) is 2.27. The molecule has 1 aliphatic rings. The first-order chi connectivity index (χ1) is 6.39. The van der Waals surface area contributed by atoms with Crippen molar-refractivity contribution in [3.8, 4) is 0 Å². The van der Waals surface area contributed by atoms with Gasteiger partial charge in [0.2, 0.25) is 0 Å². The van der Waals surface area contributed by atoms with Crippen LogP contribution in [-0.4, -0.2) is 10.9 Å². The van der Waals surface area contributed by atoms with E-state index in [-0.39, 0.29) is 5.78 Å². The Balaban J connectivity index is 2.74. The summed E-state index contributed by atoms with van der Waals surface area (Å²) in [5.74, 6) is 0.0260. The van der Waals surface area contributed by atoms with Gasteiger partial charge < -0.3 is 5.11 Å². The van der Waals surface area contributed by atoms with Gasteiger partial charge in [-0.1, -0.05) is 24.3 Å². The lowest BCUT2D eigenvalue weighted by Crippen LogP contribution is -2.38. The molecule has 0 aliphatic heterocycles. The van der Waals surface area contributed by atoms with Gasteiger partial charge in [-0.2, -0.15) is 0 Å². The topological polar surface area (TPSA) is 37.3 Å². The van der Waals surface area contributed by atoms with E-state index in [4.69, 9.17) is 0 Å². The summed E-state index contributed by atoms with van der Waals surface area (Å²) in [6, 6.07) is 7.28. The molecular weight excluding hydrogens is 176 g/mol. The zero-order valence-corrected chi connectivity index (χ0v) is 8.66. The number of hydrogen-bond acceptors (Lipinski definition) is 2. The third kappa shape index (κ3) is 0.867. The summed E-state index contributed by atoms with van der Waals surface area (Å²) in [6.07, 6.45) is 0. The smallest absolute Gasteiger partial charge is 0.172 e. The second-order valence-corrected chi connectivity index (χ2v) is 4.57. The van der Waals surface area contributed by atoms with Crippen molar-refractivity contribution in [1.29, 1.82) is 0 Å². The maximum Gasteiger partial charge on any atom is 0.172 e. The molecule has 74 valence electrons. The molecule has 0 spiro atoms. The standard InChI is InChI=1S/C12H14O2/c1-11(2)10(13)8-6-4-5-7-9(8)12(11,3)14/h4-7,14H,1-3H3. The molecule has 2 heteroatoms. The first-order valence-corrected chi connectivity index (χ1v) is 4.76. The number of rotatable bonds is 0. The molecule has 0 heterocycles. The minimum Gasteiger partial charge on any atom is -0.384 e. The molecule has 1 unspecified atom stereocenters. The number of carbonyl (C=O) groups excluding carboxylic acids is 1. The molecule has 1 aliphatic carbocycles. The van der Waals surface area contributed by atoms with Crippen LogP contribution in [0.25, 0.3) is 0 Å². The van der Waals surface area contributed by atoms with Crippen LogP contribution in [0.4, 0.5) is 0 Å². The number of benzene rings is 1. The molecule has 1 N–H and O–H groups in total. The molecule has 0 aromatic heterocycles. The number of fused-ring (bicyclic) bond motifs is 1. The summed E-state index contributed by atoms with van der Waals surface area (Å²) in [4.78, 5) is 12.0. The van der Waals surface area contributed by atoms with Crippen LogP contribution in [0.5, 0.6) is 0 Å². The van der Waals surface area contributed by atoms with Gasteiger partial charge in [-0.05, 0) is 26.3 Å². The maximum atomic E-state index is 12.0. The van der Waals surface area contributed by atoms with Gasteiger partial charge in [0.25, 0.3) is 0 Å². The fraction of sp³-hybridized carbons (Fsp3) is 0.417. The van der Waals surface area contributed by atoms with Crippen molar-refractivity contribution in [3.05, 3.63) is 35.4 Å². The molecule has 0 fully saturated rings. The van der Waals surface area contributed by atoms with Gasteiger partial charge in [0.1, 0.15) is 0 Å². The number of Topliss-reactive ketones (excluding diaryl/α,β-unsaturated/α-hetero) is 1. The van der Waals surface area contributed by atoms with E-state index in [0.717, 1.165) is 5.56 Å². The molecule has 2 rings (SSSR count). The molecule has 0 amide bonds. The van der Waals surface area contributed by atoms with E-state index < -0.39 is 11.0 Å². The Morgan fingerprint density at radius 2 is 1.71 bits per heavy atom. The van der Waals surface area contributed by atoms with Gasteiger partial charge in [0, 0.05) is 5.56 Å². The normalized spacial score (nSPS) is 29.0. The lowest BCUT2D eigenvalue weighted by molar-refractivity contribution is -0.0297. The zero-order chi connectivity index (χ0) is 10.6. The Morgan fingerprint density at radius 3 is 2.29 bits per heavy atom. The van der Waals surface area contributed by atoms with E-state index >= 15 is 0 Å². The van der Waals surface area contributed by atoms with E-state index in [1.54, 1.807) is 26.8 Å². The molecule has 1 aromatic rings. The predicted molar refractivity (Wildman–Crippen MR) is 54.1 cm³/mol. The molecule has 0 saturated carbocycles. The van der Waals surface area contributed by atoms with Gasteiger partial charge in [-0.3, -0.25) is 4.79 Å². The molecule has 0 bridgehead atoms. The van der Waals surface area contributed by atoms with Gasteiger partial charge in [-0.15, -0.1) is 0 Å². The van der Waals surface area contributed by atoms with Crippen LogP contribution in [-0.2, 0) is 5.60 Å². The second-order valence-electron chi connectivity index (χ2n) is 4.57. The lowest BCUT2D eigenvalue weighted by Gasteiger charge is -2.32.